The molecule has 17 heavy (non-hydrogen) atoms. The van der Waals surface area contributed by atoms with Crippen molar-refractivity contribution in [2.24, 2.45) is 0 Å². The molecular weight excluding hydrogens is 238 g/mol. The zero-order valence-electron chi connectivity index (χ0n) is 10.1. The maximum absolute atomic E-state index is 10.9. The average Bonchev–Trinajstić information content (AvgIpc) is 2.80. The van der Waals surface area contributed by atoms with Crippen LogP contribution in [0.15, 0.2) is 5.51 Å². The number of nitrogens with zero attached hydrogens (tertiary/aromatic N) is 1. The van der Waals surface area contributed by atoms with Crippen LogP contribution in [0.25, 0.3) is 0 Å². The molecule has 0 aromatic carbocycles. The Morgan fingerprint density at radius 2 is 2.18 bits per heavy atom. The molecule has 0 amide bonds. The number of aromatic nitrogens is 1. The van der Waals surface area contributed by atoms with Crippen molar-refractivity contribution in [2.45, 2.75) is 45.1 Å². The third-order valence-corrected chi connectivity index (χ3v) is 3.50. The fraction of sp³-hybridized carbons (Fsp3) is 0.667. The predicted octanol–water partition coefficient (Wildman–Crippen LogP) is 2.30. The van der Waals surface area contributed by atoms with Gasteiger partial charge in [-0.15, -0.1) is 11.3 Å². The minimum atomic E-state index is -0.132. The van der Waals surface area contributed by atoms with Crippen LogP contribution in [0.5, 0.6) is 0 Å². The largest absolute Gasteiger partial charge is 0.469 e. The Kier molecular flexibility index (Phi) is 6.81. The van der Waals surface area contributed by atoms with Crippen molar-refractivity contribution in [1.82, 2.24) is 4.98 Å². The molecule has 5 heteroatoms. The van der Waals surface area contributed by atoms with Crippen molar-refractivity contribution in [3.8, 4) is 0 Å². The first-order valence-electron chi connectivity index (χ1n) is 5.87. The van der Waals surface area contributed by atoms with E-state index in [2.05, 4.69) is 9.72 Å². The molecule has 4 nitrogen and oxygen atoms in total. The molecule has 0 bridgehead atoms. The molecule has 0 aliphatic carbocycles. The number of aliphatic hydroxyl groups is 1. The number of unbranched alkanes of at least 4 members (excludes halogenated alkanes) is 3. The van der Waals surface area contributed by atoms with Crippen molar-refractivity contribution in [3.05, 3.63) is 16.1 Å². The van der Waals surface area contributed by atoms with Crippen molar-refractivity contribution in [3.63, 3.8) is 0 Å². The van der Waals surface area contributed by atoms with Crippen molar-refractivity contribution in [1.29, 1.82) is 0 Å². The summed E-state index contributed by atoms with van der Waals surface area (Å²) in [7, 11) is 1.42. The molecular formula is C12H19NO3S. The maximum Gasteiger partial charge on any atom is 0.305 e. The Balaban J connectivity index is 2.06. The summed E-state index contributed by atoms with van der Waals surface area (Å²) in [4.78, 5) is 16.1. The minimum Gasteiger partial charge on any atom is -0.469 e. The lowest BCUT2D eigenvalue weighted by Gasteiger charge is -2.01. The molecule has 1 heterocycles. The van der Waals surface area contributed by atoms with Crippen LogP contribution >= 0.6 is 11.3 Å². The fourth-order valence-electron chi connectivity index (χ4n) is 1.64. The Morgan fingerprint density at radius 1 is 1.41 bits per heavy atom. The van der Waals surface area contributed by atoms with Gasteiger partial charge in [0.25, 0.3) is 0 Å². The summed E-state index contributed by atoms with van der Waals surface area (Å²) in [6.07, 6.45) is 5.48. The van der Waals surface area contributed by atoms with E-state index in [0.717, 1.165) is 42.7 Å². The monoisotopic (exact) mass is 257 g/mol. The number of carbonyl (C=O) groups excluding carboxylic acids is 1. The third kappa shape index (κ3) is 5.28. The number of thiazole rings is 1. The maximum atomic E-state index is 10.9. The highest BCUT2D eigenvalue weighted by Gasteiger charge is 2.04. The lowest BCUT2D eigenvalue weighted by Crippen LogP contribution is -1.99. The highest BCUT2D eigenvalue weighted by Crippen LogP contribution is 2.16. The predicted molar refractivity (Wildman–Crippen MR) is 66.8 cm³/mol. The van der Waals surface area contributed by atoms with Crippen LogP contribution in [0.4, 0.5) is 0 Å². The molecule has 96 valence electrons. The van der Waals surface area contributed by atoms with E-state index >= 15 is 0 Å². The number of carbonyl (C=O) groups is 1. The van der Waals surface area contributed by atoms with Gasteiger partial charge in [0.15, 0.2) is 0 Å². The van der Waals surface area contributed by atoms with Gasteiger partial charge in [0.2, 0.25) is 0 Å². The van der Waals surface area contributed by atoms with Gasteiger partial charge in [-0.25, -0.2) is 4.98 Å². The zero-order valence-corrected chi connectivity index (χ0v) is 11.0. The summed E-state index contributed by atoms with van der Waals surface area (Å²) < 4.78 is 4.57. The molecule has 0 atom stereocenters. The van der Waals surface area contributed by atoms with Crippen LogP contribution in [-0.4, -0.2) is 23.2 Å². The van der Waals surface area contributed by atoms with Gasteiger partial charge in [-0.2, -0.15) is 0 Å². The Hall–Kier alpha value is -0.940. The van der Waals surface area contributed by atoms with Crippen molar-refractivity contribution in [2.75, 3.05) is 7.11 Å². The number of aliphatic hydroxyl groups excluding tert-OH is 1. The lowest BCUT2D eigenvalue weighted by molar-refractivity contribution is -0.140. The van der Waals surface area contributed by atoms with E-state index in [-0.39, 0.29) is 12.6 Å². The highest BCUT2D eigenvalue weighted by molar-refractivity contribution is 7.09. The van der Waals surface area contributed by atoms with Gasteiger partial charge in [0, 0.05) is 6.42 Å². The summed E-state index contributed by atoms with van der Waals surface area (Å²) in [5.41, 5.74) is 2.79. The van der Waals surface area contributed by atoms with E-state index in [9.17, 15) is 4.79 Å². The average molecular weight is 257 g/mol. The number of aryl methyl sites for hydroxylation is 1. The van der Waals surface area contributed by atoms with Gasteiger partial charge < -0.3 is 9.84 Å². The molecule has 0 radical (unpaired) electrons. The highest BCUT2D eigenvalue weighted by atomic mass is 32.1. The molecule has 0 saturated carbocycles. The third-order valence-electron chi connectivity index (χ3n) is 2.64. The number of methoxy groups -OCH3 is 1. The summed E-state index contributed by atoms with van der Waals surface area (Å²) in [5, 5.41) is 9.06. The number of ether oxygens (including phenoxy) is 1. The number of hydrogen-bond acceptors (Lipinski definition) is 5. The van der Waals surface area contributed by atoms with E-state index in [1.165, 1.54) is 18.4 Å². The Labute approximate surface area is 106 Å². The zero-order chi connectivity index (χ0) is 12.5. The molecule has 0 fully saturated rings. The van der Waals surface area contributed by atoms with E-state index in [0.29, 0.717) is 6.42 Å². The van der Waals surface area contributed by atoms with Crippen LogP contribution in [0.3, 0.4) is 0 Å². The lowest BCUT2D eigenvalue weighted by atomic mass is 10.1. The summed E-state index contributed by atoms with van der Waals surface area (Å²) >= 11 is 1.50. The van der Waals surface area contributed by atoms with Crippen LogP contribution in [0.1, 0.15) is 42.7 Å². The second-order valence-corrected chi connectivity index (χ2v) is 4.81. The number of esters is 1. The van der Waals surface area contributed by atoms with Gasteiger partial charge in [0.05, 0.1) is 29.8 Å². The molecule has 1 aromatic rings. The standard InChI is InChI=1S/C12H19NO3S/c1-16-12(15)7-5-3-2-4-6-10-11(8-14)17-9-13-10/h9,14H,2-8H2,1H3. The first-order chi connectivity index (χ1) is 8.27. The summed E-state index contributed by atoms with van der Waals surface area (Å²) in [5.74, 6) is -0.132. The van der Waals surface area contributed by atoms with E-state index < -0.39 is 0 Å². The SMILES string of the molecule is COC(=O)CCCCCCc1ncsc1CO. The van der Waals surface area contributed by atoms with Crippen LogP contribution in [0, 0.1) is 0 Å². The van der Waals surface area contributed by atoms with Crippen molar-refractivity contribution < 1.29 is 14.6 Å². The topological polar surface area (TPSA) is 59.4 Å². The second kappa shape index (κ2) is 8.20. The van der Waals surface area contributed by atoms with Gasteiger partial charge in [-0.05, 0) is 19.3 Å². The molecule has 0 unspecified atom stereocenters. The van der Waals surface area contributed by atoms with Gasteiger partial charge in [-0.1, -0.05) is 12.8 Å². The van der Waals surface area contributed by atoms with Gasteiger partial charge in [-0.3, -0.25) is 4.79 Å². The fourth-order valence-corrected chi connectivity index (χ4v) is 2.32. The smallest absolute Gasteiger partial charge is 0.305 e. The normalized spacial score (nSPS) is 10.5. The first kappa shape index (κ1) is 14.1. The summed E-state index contributed by atoms with van der Waals surface area (Å²) in [6.45, 7) is 0.0857. The Morgan fingerprint density at radius 3 is 2.88 bits per heavy atom. The molecule has 0 aliphatic heterocycles. The van der Waals surface area contributed by atoms with E-state index in [1.807, 2.05) is 0 Å². The van der Waals surface area contributed by atoms with Crippen LogP contribution in [0.2, 0.25) is 0 Å². The molecule has 1 rings (SSSR count). The molecule has 0 spiro atoms. The Bertz CT molecular complexity index is 338. The van der Waals surface area contributed by atoms with E-state index in [1.54, 1.807) is 5.51 Å². The van der Waals surface area contributed by atoms with Crippen LogP contribution < -0.4 is 0 Å². The number of hydrogen-bond donors (Lipinski definition) is 1. The number of rotatable bonds is 8. The summed E-state index contributed by atoms with van der Waals surface area (Å²) in [6, 6.07) is 0. The molecule has 0 aliphatic rings. The first-order valence-corrected chi connectivity index (χ1v) is 6.74. The minimum absolute atomic E-state index is 0.0857. The molecule has 0 saturated heterocycles. The molecule has 1 N–H and O–H groups in total. The second-order valence-electron chi connectivity index (χ2n) is 3.87. The van der Waals surface area contributed by atoms with Gasteiger partial charge >= 0.3 is 5.97 Å². The van der Waals surface area contributed by atoms with Crippen molar-refractivity contribution >= 4 is 17.3 Å². The molecule has 1 aromatic heterocycles. The van der Waals surface area contributed by atoms with Crippen LogP contribution in [-0.2, 0) is 22.6 Å². The quantitative estimate of drug-likeness (QED) is 0.573. The van der Waals surface area contributed by atoms with Gasteiger partial charge in [0.1, 0.15) is 0 Å². The van der Waals surface area contributed by atoms with E-state index in [4.69, 9.17) is 5.11 Å².